The van der Waals surface area contributed by atoms with Crippen LogP contribution < -0.4 is 10.2 Å². The van der Waals surface area contributed by atoms with Crippen LogP contribution in [-0.2, 0) is 23.8 Å². The molecule has 0 unspecified atom stereocenters. The number of benzene rings is 1. The van der Waals surface area contributed by atoms with Gasteiger partial charge < -0.3 is 28.4 Å². The van der Waals surface area contributed by atoms with Crippen molar-refractivity contribution < 1.29 is 37.4 Å². The molecule has 2 saturated heterocycles. The zero-order chi connectivity index (χ0) is 24.9. The van der Waals surface area contributed by atoms with Crippen LogP contribution in [0.3, 0.4) is 0 Å². The maximum absolute atomic E-state index is 14.6. The van der Waals surface area contributed by atoms with E-state index in [1.54, 1.807) is 12.1 Å². The van der Waals surface area contributed by atoms with Gasteiger partial charge in [0.25, 0.3) is 5.91 Å². The van der Waals surface area contributed by atoms with E-state index in [2.05, 4.69) is 5.32 Å². The Kier molecular flexibility index (Phi) is 7.69. The van der Waals surface area contributed by atoms with E-state index in [4.69, 9.17) is 30.2 Å². The number of furan rings is 1. The minimum atomic E-state index is -0.944. The number of amides is 3. The third-order valence-electron chi connectivity index (χ3n) is 5.54. The third kappa shape index (κ3) is 5.99. The predicted octanol–water partition coefficient (Wildman–Crippen LogP) is 3.27. The molecule has 35 heavy (non-hydrogen) atoms. The average Bonchev–Trinajstić information content (AvgIpc) is 3.45. The summed E-state index contributed by atoms with van der Waals surface area (Å²) in [7, 11) is 1.49. The number of nitrogens with one attached hydrogen (secondary N) is 1. The molecule has 12 heteroatoms. The van der Waals surface area contributed by atoms with E-state index >= 15 is 0 Å². The second kappa shape index (κ2) is 10.9. The van der Waals surface area contributed by atoms with Crippen molar-refractivity contribution in [2.75, 3.05) is 43.6 Å². The van der Waals surface area contributed by atoms with Gasteiger partial charge >= 0.3 is 6.09 Å². The van der Waals surface area contributed by atoms with Crippen LogP contribution in [0.4, 0.5) is 20.6 Å². The van der Waals surface area contributed by atoms with Crippen LogP contribution in [0, 0.1) is 5.82 Å². The minimum Gasteiger partial charge on any atom is -0.445 e. The van der Waals surface area contributed by atoms with Crippen molar-refractivity contribution in [2.45, 2.75) is 18.8 Å². The highest BCUT2D eigenvalue weighted by atomic mass is 35.5. The van der Waals surface area contributed by atoms with Gasteiger partial charge in [-0.1, -0.05) is 0 Å². The molecular formula is C23H23ClFN3O7. The van der Waals surface area contributed by atoms with Gasteiger partial charge in [-0.2, -0.15) is 0 Å². The van der Waals surface area contributed by atoms with Gasteiger partial charge in [-0.25, -0.2) is 9.18 Å². The molecule has 0 aliphatic carbocycles. The summed E-state index contributed by atoms with van der Waals surface area (Å²) in [6, 6.07) is 7.14. The number of nitrogens with zero attached hydrogens (tertiary/aromatic N) is 2. The number of anilines is 2. The maximum Gasteiger partial charge on any atom is 0.413 e. The molecule has 2 atom stereocenters. The molecule has 2 aliphatic rings. The van der Waals surface area contributed by atoms with E-state index in [0.29, 0.717) is 24.6 Å². The third-order valence-corrected chi connectivity index (χ3v) is 5.75. The Morgan fingerprint density at radius 3 is 2.80 bits per heavy atom. The second-order valence-electron chi connectivity index (χ2n) is 7.81. The minimum absolute atomic E-state index is 0.0720. The summed E-state index contributed by atoms with van der Waals surface area (Å²) in [5.41, 5.74) is 0.225. The Bertz CT molecular complexity index is 1140. The summed E-state index contributed by atoms with van der Waals surface area (Å²) in [6.07, 6.45) is 0.752. The summed E-state index contributed by atoms with van der Waals surface area (Å²) in [6.45, 7) is 0.786. The fraction of sp³-hybridized carbons (Fsp3) is 0.348. The van der Waals surface area contributed by atoms with Crippen molar-refractivity contribution in [1.29, 1.82) is 0 Å². The van der Waals surface area contributed by atoms with E-state index < -0.39 is 24.0 Å². The van der Waals surface area contributed by atoms with Gasteiger partial charge in [0.05, 0.1) is 24.9 Å². The second-order valence-corrected chi connectivity index (χ2v) is 8.18. The van der Waals surface area contributed by atoms with Crippen LogP contribution in [0.5, 0.6) is 0 Å². The van der Waals surface area contributed by atoms with Gasteiger partial charge in [-0.3, -0.25) is 14.9 Å². The maximum atomic E-state index is 14.6. The fourth-order valence-electron chi connectivity index (χ4n) is 3.77. The molecule has 0 radical (unpaired) electrons. The Labute approximate surface area is 205 Å². The van der Waals surface area contributed by atoms with Crippen molar-refractivity contribution in [3.8, 4) is 0 Å². The van der Waals surface area contributed by atoms with Crippen molar-refractivity contribution in [3.05, 3.63) is 53.2 Å². The zero-order valence-electron chi connectivity index (χ0n) is 18.7. The fourth-order valence-corrected chi connectivity index (χ4v) is 3.92. The van der Waals surface area contributed by atoms with E-state index in [-0.39, 0.29) is 42.5 Å². The molecular weight excluding hydrogens is 485 g/mol. The summed E-state index contributed by atoms with van der Waals surface area (Å²) >= 11 is 5.73. The number of morpholine rings is 1. The van der Waals surface area contributed by atoms with Crippen molar-refractivity contribution in [2.24, 2.45) is 0 Å². The zero-order valence-corrected chi connectivity index (χ0v) is 19.5. The monoisotopic (exact) mass is 507 g/mol. The molecule has 0 spiro atoms. The average molecular weight is 508 g/mol. The normalized spacial score (nSPS) is 20.5. The summed E-state index contributed by atoms with van der Waals surface area (Å²) < 4.78 is 35.6. The summed E-state index contributed by atoms with van der Waals surface area (Å²) in [4.78, 5) is 39.9. The molecule has 4 rings (SSSR count). The molecule has 0 saturated carbocycles. The molecule has 0 bridgehead atoms. The van der Waals surface area contributed by atoms with Crippen molar-refractivity contribution >= 4 is 47.0 Å². The molecule has 10 nitrogen and oxygen atoms in total. The summed E-state index contributed by atoms with van der Waals surface area (Å²) in [5, 5.41) is 2.53. The number of carbonyl (C=O) groups is 3. The van der Waals surface area contributed by atoms with Crippen molar-refractivity contribution in [3.63, 3.8) is 0 Å². The SMILES string of the molecule is CO[C@@H]1C[C@@H](OC(=O)Nc2ccc(N3CCOCC3=O)cc2F)N(C(=O)C=Cc2ccc(Cl)o2)C1. The van der Waals surface area contributed by atoms with Crippen LogP contribution in [0.15, 0.2) is 40.8 Å². The van der Waals surface area contributed by atoms with Gasteiger partial charge in [0.1, 0.15) is 18.2 Å². The lowest BCUT2D eigenvalue weighted by atomic mass is 10.2. The van der Waals surface area contributed by atoms with E-state index in [9.17, 15) is 18.8 Å². The smallest absolute Gasteiger partial charge is 0.413 e. The number of rotatable bonds is 6. The van der Waals surface area contributed by atoms with Crippen LogP contribution in [0.1, 0.15) is 12.2 Å². The van der Waals surface area contributed by atoms with Crippen LogP contribution >= 0.6 is 11.6 Å². The molecule has 1 aromatic carbocycles. The van der Waals surface area contributed by atoms with E-state index in [0.717, 1.165) is 6.07 Å². The molecule has 1 aromatic heterocycles. The van der Waals surface area contributed by atoms with Crippen LogP contribution in [0.25, 0.3) is 6.08 Å². The lowest BCUT2D eigenvalue weighted by Gasteiger charge is -2.27. The lowest BCUT2D eigenvalue weighted by Crippen LogP contribution is -2.41. The first-order chi connectivity index (χ1) is 16.8. The first kappa shape index (κ1) is 24.7. The number of carbonyl (C=O) groups excluding carboxylic acids is 3. The Morgan fingerprint density at radius 1 is 1.29 bits per heavy atom. The quantitative estimate of drug-likeness (QED) is 0.597. The van der Waals surface area contributed by atoms with Gasteiger partial charge in [-0.15, -0.1) is 0 Å². The standard InChI is InChI=1S/C23H23ClFN3O7/c1-32-16-11-22(28(12-16)20(29)7-4-15-3-6-19(24)34-15)35-23(31)26-18-5-2-14(10-17(18)25)27-8-9-33-13-21(27)30/h2-7,10,16,22H,8-9,11-13H2,1H3,(H,26,31)/t16-,22-/m1/s1. The molecule has 3 heterocycles. The predicted molar refractivity (Wildman–Crippen MR) is 123 cm³/mol. The topological polar surface area (TPSA) is 111 Å². The first-order valence-electron chi connectivity index (χ1n) is 10.8. The molecule has 1 N–H and O–H groups in total. The number of ether oxygens (including phenoxy) is 3. The van der Waals surface area contributed by atoms with Crippen molar-refractivity contribution in [1.82, 2.24) is 4.90 Å². The van der Waals surface area contributed by atoms with Gasteiger partial charge in [0.2, 0.25) is 5.91 Å². The van der Waals surface area contributed by atoms with E-state index in [1.165, 1.54) is 41.2 Å². The highest BCUT2D eigenvalue weighted by Gasteiger charge is 2.37. The van der Waals surface area contributed by atoms with Crippen LogP contribution in [0.2, 0.25) is 5.22 Å². The number of hydrogen-bond donors (Lipinski definition) is 1. The van der Waals surface area contributed by atoms with E-state index in [1.807, 2.05) is 0 Å². The number of hydrogen-bond acceptors (Lipinski definition) is 7. The Balaban J connectivity index is 1.39. The number of halogens is 2. The lowest BCUT2D eigenvalue weighted by molar-refractivity contribution is -0.132. The Morgan fingerprint density at radius 2 is 2.11 bits per heavy atom. The molecule has 3 amide bonds. The molecule has 2 aliphatic heterocycles. The van der Waals surface area contributed by atoms with Gasteiger partial charge in [-0.05, 0) is 48.0 Å². The largest absolute Gasteiger partial charge is 0.445 e. The Hall–Kier alpha value is -3.41. The molecule has 2 fully saturated rings. The highest BCUT2D eigenvalue weighted by Crippen LogP contribution is 2.26. The number of methoxy groups -OCH3 is 1. The van der Waals surface area contributed by atoms with Gasteiger partial charge in [0, 0.05) is 31.8 Å². The highest BCUT2D eigenvalue weighted by molar-refractivity contribution is 6.28. The summed E-state index contributed by atoms with van der Waals surface area (Å²) in [5.74, 6) is -1.06. The molecule has 2 aromatic rings. The molecule has 186 valence electrons. The first-order valence-corrected chi connectivity index (χ1v) is 11.1. The number of likely N-dealkylation sites (tertiary alicyclic amines) is 1. The van der Waals surface area contributed by atoms with Gasteiger partial charge in [0.15, 0.2) is 11.4 Å². The van der Waals surface area contributed by atoms with Crippen LogP contribution in [-0.4, -0.2) is 68.6 Å².